The van der Waals surface area contributed by atoms with Gasteiger partial charge in [-0.25, -0.2) is 4.98 Å². The van der Waals surface area contributed by atoms with Crippen LogP contribution < -0.4 is 15.5 Å². The molecule has 2 aliphatic rings. The molecular formula is C21H24N4O3S. The molecule has 1 aromatic carbocycles. The number of amides is 3. The lowest BCUT2D eigenvalue weighted by molar-refractivity contribution is -0.123. The van der Waals surface area contributed by atoms with Gasteiger partial charge in [0.05, 0.1) is 16.9 Å². The number of nitrogens with one attached hydrogen (secondary N) is 2. The number of hydrogen-bond donors (Lipinski definition) is 2. The van der Waals surface area contributed by atoms with E-state index < -0.39 is 6.04 Å². The van der Waals surface area contributed by atoms with Crippen molar-refractivity contribution in [1.82, 2.24) is 10.3 Å². The van der Waals surface area contributed by atoms with E-state index in [1.165, 1.54) is 21.1 Å². The summed E-state index contributed by atoms with van der Waals surface area (Å²) in [4.78, 5) is 45.7. The molecule has 2 heterocycles. The van der Waals surface area contributed by atoms with E-state index in [0.29, 0.717) is 16.4 Å². The summed E-state index contributed by atoms with van der Waals surface area (Å²) in [7, 11) is 0. The van der Waals surface area contributed by atoms with Crippen LogP contribution in [-0.2, 0) is 22.4 Å². The minimum atomic E-state index is -0.685. The predicted molar refractivity (Wildman–Crippen MR) is 112 cm³/mol. The zero-order chi connectivity index (χ0) is 20.5. The fraction of sp³-hybridized carbons (Fsp3) is 0.429. The van der Waals surface area contributed by atoms with Gasteiger partial charge in [-0.3, -0.25) is 14.4 Å². The molecule has 0 saturated heterocycles. The lowest BCUT2D eigenvalue weighted by Gasteiger charge is -2.26. The maximum atomic E-state index is 13.2. The van der Waals surface area contributed by atoms with E-state index in [1.54, 1.807) is 24.3 Å². The molecule has 1 aliphatic heterocycles. The normalized spacial score (nSPS) is 18.7. The third kappa shape index (κ3) is 3.89. The minimum Gasteiger partial charge on any atom is -0.340 e. The lowest BCUT2D eigenvalue weighted by Crippen LogP contribution is -2.50. The Bertz CT molecular complexity index is 945. The number of hydrogen-bond acceptors (Lipinski definition) is 5. The van der Waals surface area contributed by atoms with Gasteiger partial charge in [0.15, 0.2) is 5.13 Å². The number of anilines is 2. The van der Waals surface area contributed by atoms with Crippen LogP contribution in [0.4, 0.5) is 10.8 Å². The molecule has 1 unspecified atom stereocenters. The van der Waals surface area contributed by atoms with Crippen LogP contribution in [0, 0.1) is 5.92 Å². The van der Waals surface area contributed by atoms with E-state index in [9.17, 15) is 14.4 Å². The standard InChI is InChI=1S/C21H24N4O3S/c1-12(2)18-20(28)25(15-9-5-3-7-13(15)19(27)24-18)11-17(26)23-21-22-14-8-4-6-10-16(14)29-21/h3,5,7,9,12,18H,4,6,8,10-11H2,1-2H3,(H,24,27)(H,22,23,26). The molecule has 0 bridgehead atoms. The summed E-state index contributed by atoms with van der Waals surface area (Å²) in [5.41, 5.74) is 1.91. The zero-order valence-electron chi connectivity index (χ0n) is 16.5. The third-order valence-electron chi connectivity index (χ3n) is 5.32. The van der Waals surface area contributed by atoms with Gasteiger partial charge in [0.2, 0.25) is 11.8 Å². The van der Waals surface area contributed by atoms with Crippen LogP contribution in [0.2, 0.25) is 0 Å². The molecule has 1 aliphatic carbocycles. The van der Waals surface area contributed by atoms with Crippen molar-refractivity contribution in [1.29, 1.82) is 0 Å². The molecule has 7 nitrogen and oxygen atoms in total. The smallest absolute Gasteiger partial charge is 0.254 e. The maximum Gasteiger partial charge on any atom is 0.254 e. The summed E-state index contributed by atoms with van der Waals surface area (Å²) < 4.78 is 0. The fourth-order valence-electron chi connectivity index (χ4n) is 3.79. The van der Waals surface area contributed by atoms with Crippen molar-refractivity contribution in [3.05, 3.63) is 40.4 Å². The summed E-state index contributed by atoms with van der Waals surface area (Å²) in [6, 6.07) is 6.19. The molecule has 0 radical (unpaired) electrons. The van der Waals surface area contributed by atoms with Gasteiger partial charge >= 0.3 is 0 Å². The zero-order valence-corrected chi connectivity index (χ0v) is 17.3. The van der Waals surface area contributed by atoms with E-state index in [2.05, 4.69) is 15.6 Å². The Labute approximate surface area is 173 Å². The first-order valence-electron chi connectivity index (χ1n) is 9.93. The number of rotatable bonds is 4. The van der Waals surface area contributed by atoms with E-state index in [-0.39, 0.29) is 30.2 Å². The van der Waals surface area contributed by atoms with Gasteiger partial charge in [0.25, 0.3) is 5.91 Å². The molecule has 152 valence electrons. The number of fused-ring (bicyclic) bond motifs is 2. The molecule has 8 heteroatoms. The van der Waals surface area contributed by atoms with Crippen molar-refractivity contribution in [2.75, 3.05) is 16.8 Å². The molecule has 29 heavy (non-hydrogen) atoms. The van der Waals surface area contributed by atoms with Gasteiger partial charge < -0.3 is 15.5 Å². The van der Waals surface area contributed by atoms with Crippen molar-refractivity contribution in [2.24, 2.45) is 5.92 Å². The predicted octanol–water partition coefficient (Wildman–Crippen LogP) is 2.76. The number of carbonyl (C=O) groups excluding carboxylic acids is 3. The highest BCUT2D eigenvalue weighted by Gasteiger charge is 2.36. The first-order chi connectivity index (χ1) is 13.9. The molecule has 2 aromatic rings. The van der Waals surface area contributed by atoms with Crippen LogP contribution in [0.1, 0.15) is 47.6 Å². The van der Waals surface area contributed by atoms with Crippen LogP contribution in [0.15, 0.2) is 24.3 Å². The van der Waals surface area contributed by atoms with E-state index in [1.807, 2.05) is 13.8 Å². The Balaban J connectivity index is 1.58. The molecule has 4 rings (SSSR count). The van der Waals surface area contributed by atoms with Gasteiger partial charge in [-0.15, -0.1) is 11.3 Å². The maximum absolute atomic E-state index is 13.2. The van der Waals surface area contributed by atoms with Crippen molar-refractivity contribution >= 4 is 39.9 Å². The number of para-hydroxylation sites is 1. The second-order valence-corrected chi connectivity index (χ2v) is 8.86. The van der Waals surface area contributed by atoms with Gasteiger partial charge in [0, 0.05) is 4.88 Å². The summed E-state index contributed by atoms with van der Waals surface area (Å²) in [6.07, 6.45) is 4.23. The Morgan fingerprint density at radius 1 is 1.28 bits per heavy atom. The van der Waals surface area contributed by atoms with Crippen molar-refractivity contribution in [3.8, 4) is 0 Å². The highest BCUT2D eigenvalue weighted by molar-refractivity contribution is 7.15. The second-order valence-electron chi connectivity index (χ2n) is 7.78. The number of aromatic nitrogens is 1. The molecule has 0 saturated carbocycles. The van der Waals surface area contributed by atoms with Gasteiger partial charge in [0.1, 0.15) is 12.6 Å². The van der Waals surface area contributed by atoms with Crippen molar-refractivity contribution in [3.63, 3.8) is 0 Å². The molecule has 0 spiro atoms. The topological polar surface area (TPSA) is 91.4 Å². The van der Waals surface area contributed by atoms with Gasteiger partial charge in [-0.05, 0) is 43.7 Å². The van der Waals surface area contributed by atoms with Crippen LogP contribution in [-0.4, -0.2) is 35.3 Å². The van der Waals surface area contributed by atoms with Gasteiger partial charge in [-0.1, -0.05) is 26.0 Å². The van der Waals surface area contributed by atoms with Crippen LogP contribution in [0.5, 0.6) is 0 Å². The summed E-state index contributed by atoms with van der Waals surface area (Å²) in [5.74, 6) is -1.01. The number of thiazole rings is 1. The molecular weight excluding hydrogens is 388 g/mol. The van der Waals surface area contributed by atoms with Crippen molar-refractivity contribution in [2.45, 2.75) is 45.6 Å². The third-order valence-corrected chi connectivity index (χ3v) is 6.39. The first kappa shape index (κ1) is 19.6. The van der Waals surface area contributed by atoms with E-state index in [0.717, 1.165) is 31.4 Å². The number of carbonyl (C=O) groups is 3. The number of nitrogens with zero attached hydrogens (tertiary/aromatic N) is 2. The monoisotopic (exact) mass is 412 g/mol. The Morgan fingerprint density at radius 3 is 2.79 bits per heavy atom. The minimum absolute atomic E-state index is 0.1000. The second kappa shape index (κ2) is 7.94. The SMILES string of the molecule is CC(C)C1NC(=O)c2ccccc2N(CC(=O)Nc2nc3c(s2)CCCC3)C1=O. The molecule has 2 N–H and O–H groups in total. The molecule has 0 fully saturated rings. The summed E-state index contributed by atoms with van der Waals surface area (Å²) in [5, 5.41) is 6.22. The van der Waals surface area contributed by atoms with Crippen LogP contribution >= 0.6 is 11.3 Å². The largest absolute Gasteiger partial charge is 0.340 e. The Kier molecular flexibility index (Phi) is 5.36. The summed E-state index contributed by atoms with van der Waals surface area (Å²) >= 11 is 1.51. The summed E-state index contributed by atoms with van der Waals surface area (Å²) in [6.45, 7) is 3.58. The fourth-order valence-corrected chi connectivity index (χ4v) is 4.86. The van der Waals surface area contributed by atoms with Crippen LogP contribution in [0.25, 0.3) is 0 Å². The Hall–Kier alpha value is -2.74. The quantitative estimate of drug-likeness (QED) is 0.808. The number of aryl methyl sites for hydroxylation is 2. The first-order valence-corrected chi connectivity index (χ1v) is 10.8. The lowest BCUT2D eigenvalue weighted by atomic mass is 10.0. The van der Waals surface area contributed by atoms with Crippen LogP contribution in [0.3, 0.4) is 0 Å². The number of benzene rings is 1. The highest BCUT2D eigenvalue weighted by Crippen LogP contribution is 2.30. The van der Waals surface area contributed by atoms with E-state index >= 15 is 0 Å². The Morgan fingerprint density at radius 2 is 2.03 bits per heavy atom. The van der Waals surface area contributed by atoms with E-state index in [4.69, 9.17) is 0 Å². The molecule has 3 amide bonds. The van der Waals surface area contributed by atoms with Crippen molar-refractivity contribution < 1.29 is 14.4 Å². The van der Waals surface area contributed by atoms with Gasteiger partial charge in [-0.2, -0.15) is 0 Å². The highest BCUT2D eigenvalue weighted by atomic mass is 32.1. The average molecular weight is 413 g/mol. The molecule has 1 atom stereocenters. The molecule has 1 aromatic heterocycles. The average Bonchev–Trinajstić information content (AvgIpc) is 3.07.